The van der Waals surface area contributed by atoms with Gasteiger partial charge in [0.05, 0.1) is 5.02 Å². The molecule has 0 radical (unpaired) electrons. The third-order valence-corrected chi connectivity index (χ3v) is 3.32. The maximum Gasteiger partial charge on any atom is 0.413 e. The SMILES string of the molecule is CC(C)(C)OC(=O)Nc1ccc(Cl)c(C(=O)Cc2ccc(F)cc2)n1. The van der Waals surface area contributed by atoms with Crippen LogP contribution in [0.1, 0.15) is 36.8 Å². The van der Waals surface area contributed by atoms with E-state index >= 15 is 0 Å². The summed E-state index contributed by atoms with van der Waals surface area (Å²) in [5, 5.41) is 2.63. The van der Waals surface area contributed by atoms with E-state index < -0.39 is 11.7 Å². The summed E-state index contributed by atoms with van der Waals surface area (Å²) < 4.78 is 18.1. The highest BCUT2D eigenvalue weighted by molar-refractivity contribution is 6.33. The number of hydrogen-bond acceptors (Lipinski definition) is 4. The van der Waals surface area contributed by atoms with Gasteiger partial charge in [0, 0.05) is 6.42 Å². The smallest absolute Gasteiger partial charge is 0.413 e. The number of anilines is 1. The van der Waals surface area contributed by atoms with Gasteiger partial charge in [-0.25, -0.2) is 14.2 Å². The summed E-state index contributed by atoms with van der Waals surface area (Å²) in [5.41, 5.74) is 0.00639. The van der Waals surface area contributed by atoms with Crippen molar-refractivity contribution >= 4 is 29.3 Å². The van der Waals surface area contributed by atoms with Crippen LogP contribution in [0.2, 0.25) is 5.02 Å². The molecule has 0 spiro atoms. The van der Waals surface area contributed by atoms with Crippen LogP contribution >= 0.6 is 11.6 Å². The van der Waals surface area contributed by atoms with E-state index in [0.29, 0.717) is 5.56 Å². The molecule has 25 heavy (non-hydrogen) atoms. The molecule has 1 N–H and O–H groups in total. The molecule has 0 atom stereocenters. The number of ether oxygens (including phenoxy) is 1. The fourth-order valence-corrected chi connectivity index (χ4v) is 2.20. The van der Waals surface area contributed by atoms with E-state index in [-0.39, 0.29) is 34.6 Å². The first-order valence-corrected chi connectivity index (χ1v) is 7.96. The number of benzene rings is 1. The zero-order chi connectivity index (χ0) is 18.6. The fraction of sp³-hybridized carbons (Fsp3) is 0.278. The van der Waals surface area contributed by atoms with Gasteiger partial charge >= 0.3 is 6.09 Å². The Hall–Kier alpha value is -2.47. The zero-order valence-electron chi connectivity index (χ0n) is 14.1. The summed E-state index contributed by atoms with van der Waals surface area (Å²) in [4.78, 5) is 28.3. The lowest BCUT2D eigenvalue weighted by atomic mass is 10.1. The lowest BCUT2D eigenvalue weighted by molar-refractivity contribution is 0.0635. The minimum atomic E-state index is -0.681. The van der Waals surface area contributed by atoms with Crippen LogP contribution in [0.15, 0.2) is 36.4 Å². The molecule has 0 fully saturated rings. The number of carbonyl (C=O) groups is 2. The van der Waals surface area contributed by atoms with Crippen LogP contribution in [0.5, 0.6) is 0 Å². The number of ketones is 1. The number of nitrogens with one attached hydrogen (secondary N) is 1. The van der Waals surface area contributed by atoms with Gasteiger partial charge in [-0.3, -0.25) is 10.1 Å². The first kappa shape index (κ1) is 18.9. The van der Waals surface area contributed by atoms with Crippen molar-refractivity contribution in [2.75, 3.05) is 5.32 Å². The Morgan fingerprint density at radius 1 is 1.16 bits per heavy atom. The number of Topliss-reactive ketones (excluding diaryl/α,β-unsaturated/α-hetero) is 1. The van der Waals surface area contributed by atoms with Crippen molar-refractivity contribution in [1.29, 1.82) is 0 Å². The topological polar surface area (TPSA) is 68.3 Å². The standard InChI is InChI=1S/C18H18ClFN2O3/c1-18(2,3)25-17(24)22-15-9-8-13(19)16(21-15)14(23)10-11-4-6-12(20)7-5-11/h4-9H,10H2,1-3H3,(H,21,22,24). The number of aromatic nitrogens is 1. The average Bonchev–Trinajstić information content (AvgIpc) is 2.49. The van der Waals surface area contributed by atoms with E-state index in [9.17, 15) is 14.0 Å². The van der Waals surface area contributed by atoms with E-state index in [2.05, 4.69) is 10.3 Å². The number of halogens is 2. The van der Waals surface area contributed by atoms with Crippen LogP contribution in [0.3, 0.4) is 0 Å². The fourth-order valence-electron chi connectivity index (χ4n) is 1.99. The summed E-state index contributed by atoms with van der Waals surface area (Å²) in [6.07, 6.45) is -0.664. The summed E-state index contributed by atoms with van der Waals surface area (Å²) >= 11 is 6.04. The Kier molecular flexibility index (Phi) is 5.74. The van der Waals surface area contributed by atoms with Crippen molar-refractivity contribution in [3.8, 4) is 0 Å². The Morgan fingerprint density at radius 3 is 2.40 bits per heavy atom. The number of pyridine rings is 1. The van der Waals surface area contributed by atoms with E-state index in [1.54, 1.807) is 20.8 Å². The van der Waals surface area contributed by atoms with Crippen molar-refractivity contribution in [2.24, 2.45) is 0 Å². The number of amides is 1. The lowest BCUT2D eigenvalue weighted by Gasteiger charge is -2.19. The maximum absolute atomic E-state index is 12.9. The molecule has 0 bridgehead atoms. The van der Waals surface area contributed by atoms with Crippen LogP contribution in [-0.2, 0) is 11.2 Å². The molecule has 0 aliphatic rings. The highest BCUT2D eigenvalue weighted by atomic mass is 35.5. The molecule has 5 nitrogen and oxygen atoms in total. The van der Waals surface area contributed by atoms with Crippen LogP contribution in [0.25, 0.3) is 0 Å². The first-order chi connectivity index (χ1) is 11.6. The van der Waals surface area contributed by atoms with Gasteiger partial charge in [0.15, 0.2) is 5.78 Å². The molecule has 0 aliphatic carbocycles. The highest BCUT2D eigenvalue weighted by Crippen LogP contribution is 2.20. The summed E-state index contributed by atoms with van der Waals surface area (Å²) in [7, 11) is 0. The Morgan fingerprint density at radius 2 is 1.80 bits per heavy atom. The maximum atomic E-state index is 12.9. The zero-order valence-corrected chi connectivity index (χ0v) is 14.9. The van der Waals surface area contributed by atoms with Crippen LogP contribution in [0.4, 0.5) is 15.0 Å². The van der Waals surface area contributed by atoms with E-state index in [4.69, 9.17) is 16.3 Å². The molecule has 7 heteroatoms. The monoisotopic (exact) mass is 364 g/mol. The molecule has 0 unspecified atom stereocenters. The van der Waals surface area contributed by atoms with E-state index in [0.717, 1.165) is 0 Å². The Balaban J connectivity index is 2.13. The molecule has 0 saturated heterocycles. The number of rotatable bonds is 4. The number of nitrogens with zero attached hydrogens (tertiary/aromatic N) is 1. The number of hydrogen-bond donors (Lipinski definition) is 1. The molecule has 2 rings (SSSR count). The Labute approximate surface area is 150 Å². The van der Waals surface area contributed by atoms with Gasteiger partial charge in [0.2, 0.25) is 0 Å². The minimum Gasteiger partial charge on any atom is -0.444 e. The predicted octanol–water partition coefficient (Wildman–Crippen LogP) is 4.65. The molecular formula is C18H18ClFN2O3. The van der Waals surface area contributed by atoms with Gasteiger partial charge in [-0.2, -0.15) is 0 Å². The molecule has 132 valence electrons. The van der Waals surface area contributed by atoms with E-state index in [1.807, 2.05) is 0 Å². The van der Waals surface area contributed by atoms with Crippen molar-refractivity contribution in [3.63, 3.8) is 0 Å². The van der Waals surface area contributed by atoms with Crippen LogP contribution < -0.4 is 5.32 Å². The highest BCUT2D eigenvalue weighted by Gasteiger charge is 2.18. The predicted molar refractivity (Wildman–Crippen MR) is 93.5 cm³/mol. The van der Waals surface area contributed by atoms with Gasteiger partial charge in [0.1, 0.15) is 22.9 Å². The molecule has 0 aliphatic heterocycles. The molecule has 1 aromatic heterocycles. The van der Waals surface area contributed by atoms with Crippen molar-refractivity contribution < 1.29 is 18.7 Å². The summed E-state index contributed by atoms with van der Waals surface area (Å²) in [6.45, 7) is 5.21. The van der Waals surface area contributed by atoms with Gasteiger partial charge < -0.3 is 4.74 Å². The summed E-state index contributed by atoms with van der Waals surface area (Å²) in [6, 6.07) is 8.53. The van der Waals surface area contributed by atoms with Gasteiger partial charge in [-0.1, -0.05) is 23.7 Å². The van der Waals surface area contributed by atoms with Crippen molar-refractivity contribution in [3.05, 3.63) is 58.5 Å². The molecule has 1 heterocycles. The molecule has 1 amide bonds. The van der Waals surface area contributed by atoms with E-state index in [1.165, 1.54) is 36.4 Å². The van der Waals surface area contributed by atoms with Crippen LogP contribution in [-0.4, -0.2) is 22.5 Å². The van der Waals surface area contributed by atoms with Gasteiger partial charge in [0.25, 0.3) is 0 Å². The lowest BCUT2D eigenvalue weighted by Crippen LogP contribution is -2.27. The summed E-state index contributed by atoms with van der Waals surface area (Å²) in [5.74, 6) is -0.568. The Bertz CT molecular complexity index is 786. The van der Waals surface area contributed by atoms with Crippen LogP contribution in [0, 0.1) is 5.82 Å². The largest absolute Gasteiger partial charge is 0.444 e. The molecular weight excluding hydrogens is 347 g/mol. The van der Waals surface area contributed by atoms with Gasteiger partial charge in [-0.05, 0) is 50.6 Å². The average molecular weight is 365 g/mol. The molecule has 0 saturated carbocycles. The minimum absolute atomic E-state index is 0.0168. The second-order valence-corrected chi connectivity index (χ2v) is 6.79. The normalized spacial score (nSPS) is 11.1. The van der Waals surface area contributed by atoms with Gasteiger partial charge in [-0.15, -0.1) is 0 Å². The quantitative estimate of drug-likeness (QED) is 0.802. The first-order valence-electron chi connectivity index (χ1n) is 7.58. The number of carbonyl (C=O) groups excluding carboxylic acids is 2. The van der Waals surface area contributed by atoms with Crippen molar-refractivity contribution in [1.82, 2.24) is 4.98 Å². The third kappa shape index (κ3) is 5.83. The second kappa shape index (κ2) is 7.61. The molecule has 1 aromatic carbocycles. The molecule has 2 aromatic rings. The second-order valence-electron chi connectivity index (χ2n) is 6.38. The van der Waals surface area contributed by atoms with Crippen molar-refractivity contribution in [2.45, 2.75) is 32.8 Å². The third-order valence-electron chi connectivity index (χ3n) is 3.02.